The topological polar surface area (TPSA) is 74.2 Å². The second-order valence-corrected chi connectivity index (χ2v) is 4.42. The molecule has 0 saturated heterocycles. The summed E-state index contributed by atoms with van der Waals surface area (Å²) in [6.45, 7) is 0.702. The van der Waals surface area contributed by atoms with Crippen molar-refractivity contribution < 1.29 is 9.26 Å². The van der Waals surface area contributed by atoms with Crippen LogP contribution in [0.3, 0.4) is 0 Å². The zero-order valence-electron chi connectivity index (χ0n) is 11.1. The maximum Gasteiger partial charge on any atom is 0.228 e. The first-order valence-electron chi connectivity index (χ1n) is 6.40. The van der Waals surface area contributed by atoms with Crippen molar-refractivity contribution >= 4 is 0 Å². The average molecular weight is 261 g/mol. The normalized spacial score (nSPS) is 12.5. The van der Waals surface area contributed by atoms with E-state index in [-0.39, 0.29) is 6.04 Å². The van der Waals surface area contributed by atoms with Gasteiger partial charge in [-0.1, -0.05) is 35.5 Å². The number of hydrogen-bond donors (Lipinski definition) is 1. The van der Waals surface area contributed by atoms with Gasteiger partial charge in [-0.2, -0.15) is 4.98 Å². The van der Waals surface area contributed by atoms with Gasteiger partial charge in [-0.25, -0.2) is 0 Å². The van der Waals surface area contributed by atoms with Crippen LogP contribution in [0.2, 0.25) is 0 Å². The molecule has 2 rings (SSSR count). The van der Waals surface area contributed by atoms with Gasteiger partial charge in [0.15, 0.2) is 5.82 Å². The fourth-order valence-electron chi connectivity index (χ4n) is 1.86. The van der Waals surface area contributed by atoms with Crippen molar-refractivity contribution in [3.05, 3.63) is 47.6 Å². The van der Waals surface area contributed by atoms with Crippen LogP contribution in [0.25, 0.3) is 0 Å². The van der Waals surface area contributed by atoms with E-state index in [0.29, 0.717) is 24.7 Å². The van der Waals surface area contributed by atoms with Crippen LogP contribution in [0.15, 0.2) is 34.9 Å². The molecule has 1 unspecified atom stereocenters. The number of nitrogens with zero attached hydrogens (tertiary/aromatic N) is 2. The third-order valence-electron chi connectivity index (χ3n) is 2.88. The summed E-state index contributed by atoms with van der Waals surface area (Å²) in [4.78, 5) is 4.33. The van der Waals surface area contributed by atoms with Crippen LogP contribution in [-0.4, -0.2) is 23.9 Å². The number of ether oxygens (including phenoxy) is 1. The Morgan fingerprint density at radius 1 is 1.32 bits per heavy atom. The minimum absolute atomic E-state index is 0.117. The van der Waals surface area contributed by atoms with Gasteiger partial charge in [-0.15, -0.1) is 0 Å². The molecule has 2 N–H and O–H groups in total. The lowest BCUT2D eigenvalue weighted by Crippen LogP contribution is -2.13. The Bertz CT molecular complexity index is 484. The summed E-state index contributed by atoms with van der Waals surface area (Å²) in [5.74, 6) is 1.30. The van der Waals surface area contributed by atoms with E-state index in [1.807, 2.05) is 30.3 Å². The highest BCUT2D eigenvalue weighted by molar-refractivity contribution is 5.19. The predicted octanol–water partition coefficient (Wildman–Crippen LogP) is 1.89. The summed E-state index contributed by atoms with van der Waals surface area (Å²) in [6, 6.07) is 9.80. The fraction of sp³-hybridized carbons (Fsp3) is 0.429. The number of benzene rings is 1. The smallest absolute Gasteiger partial charge is 0.228 e. The van der Waals surface area contributed by atoms with Gasteiger partial charge in [0.25, 0.3) is 0 Å². The highest BCUT2D eigenvalue weighted by Gasteiger charge is 2.12. The second-order valence-electron chi connectivity index (χ2n) is 4.42. The van der Waals surface area contributed by atoms with E-state index in [2.05, 4.69) is 10.1 Å². The molecule has 0 saturated carbocycles. The Balaban J connectivity index is 1.89. The van der Waals surface area contributed by atoms with Gasteiger partial charge in [-0.3, -0.25) is 0 Å². The Morgan fingerprint density at radius 2 is 2.11 bits per heavy atom. The number of nitrogens with two attached hydrogens (primary N) is 1. The van der Waals surface area contributed by atoms with E-state index >= 15 is 0 Å². The van der Waals surface area contributed by atoms with Crippen LogP contribution in [0.1, 0.15) is 29.7 Å². The lowest BCUT2D eigenvalue weighted by Gasteiger charge is -2.08. The summed E-state index contributed by atoms with van der Waals surface area (Å²) in [7, 11) is 1.68. The van der Waals surface area contributed by atoms with Crippen molar-refractivity contribution in [1.29, 1.82) is 0 Å². The first kappa shape index (κ1) is 13.7. The van der Waals surface area contributed by atoms with E-state index in [1.54, 1.807) is 7.11 Å². The van der Waals surface area contributed by atoms with Crippen molar-refractivity contribution in [2.24, 2.45) is 5.73 Å². The average Bonchev–Trinajstić information content (AvgIpc) is 2.88. The van der Waals surface area contributed by atoms with Crippen LogP contribution in [0.4, 0.5) is 0 Å². The van der Waals surface area contributed by atoms with Crippen LogP contribution in [-0.2, 0) is 17.6 Å². The largest absolute Gasteiger partial charge is 0.385 e. The molecule has 0 aliphatic rings. The van der Waals surface area contributed by atoms with E-state index in [1.165, 1.54) is 0 Å². The van der Waals surface area contributed by atoms with Gasteiger partial charge in [0, 0.05) is 32.6 Å². The Hall–Kier alpha value is -1.72. The molecule has 5 heteroatoms. The zero-order chi connectivity index (χ0) is 13.5. The molecule has 2 aromatic rings. The van der Waals surface area contributed by atoms with Crippen molar-refractivity contribution in [2.75, 3.05) is 13.7 Å². The molecule has 102 valence electrons. The van der Waals surface area contributed by atoms with Crippen LogP contribution in [0, 0.1) is 0 Å². The Kier molecular flexibility index (Phi) is 5.06. The van der Waals surface area contributed by atoms with Crippen LogP contribution in [0.5, 0.6) is 0 Å². The van der Waals surface area contributed by atoms with E-state index in [0.717, 1.165) is 18.4 Å². The monoisotopic (exact) mass is 261 g/mol. The van der Waals surface area contributed by atoms with Crippen molar-refractivity contribution in [3.8, 4) is 0 Å². The maximum atomic E-state index is 6.11. The first-order valence-corrected chi connectivity index (χ1v) is 6.40. The van der Waals surface area contributed by atoms with E-state index in [9.17, 15) is 0 Å². The highest BCUT2D eigenvalue weighted by atomic mass is 16.5. The van der Waals surface area contributed by atoms with Gasteiger partial charge < -0.3 is 15.0 Å². The molecular weight excluding hydrogens is 242 g/mol. The van der Waals surface area contributed by atoms with E-state index in [4.69, 9.17) is 15.0 Å². The van der Waals surface area contributed by atoms with Gasteiger partial charge in [0.05, 0.1) is 0 Å². The molecule has 0 spiro atoms. The Labute approximate surface area is 112 Å². The van der Waals surface area contributed by atoms with Crippen molar-refractivity contribution in [3.63, 3.8) is 0 Å². The number of aryl methyl sites for hydroxylation is 1. The van der Waals surface area contributed by atoms with Crippen molar-refractivity contribution in [1.82, 2.24) is 10.1 Å². The minimum atomic E-state index is -0.117. The number of methoxy groups -OCH3 is 1. The third-order valence-corrected chi connectivity index (χ3v) is 2.88. The molecule has 0 radical (unpaired) electrons. The van der Waals surface area contributed by atoms with Gasteiger partial charge in [0.1, 0.15) is 0 Å². The molecule has 1 atom stereocenters. The van der Waals surface area contributed by atoms with Crippen molar-refractivity contribution in [2.45, 2.75) is 25.3 Å². The molecule has 5 nitrogen and oxygen atoms in total. The Morgan fingerprint density at radius 3 is 2.84 bits per heavy atom. The predicted molar refractivity (Wildman–Crippen MR) is 71.6 cm³/mol. The van der Waals surface area contributed by atoms with Crippen LogP contribution >= 0.6 is 0 Å². The molecule has 0 aliphatic carbocycles. The molecule has 0 amide bonds. The minimum Gasteiger partial charge on any atom is -0.385 e. The number of hydrogen-bond acceptors (Lipinski definition) is 5. The lowest BCUT2D eigenvalue weighted by atomic mass is 10.1. The van der Waals surface area contributed by atoms with Gasteiger partial charge in [-0.05, 0) is 12.0 Å². The van der Waals surface area contributed by atoms with Gasteiger partial charge >= 0.3 is 0 Å². The van der Waals surface area contributed by atoms with Gasteiger partial charge in [0.2, 0.25) is 5.89 Å². The summed E-state index contributed by atoms with van der Waals surface area (Å²) in [5.41, 5.74) is 7.18. The zero-order valence-corrected chi connectivity index (χ0v) is 11.1. The standard InChI is InChI=1S/C14H19N3O2/c1-18-9-5-8-13-16-14(19-17-13)10-12(15)11-6-3-2-4-7-11/h2-4,6-7,12H,5,8-10,15H2,1H3. The van der Waals surface area contributed by atoms with E-state index < -0.39 is 0 Å². The molecule has 0 aliphatic heterocycles. The molecule has 19 heavy (non-hydrogen) atoms. The summed E-state index contributed by atoms with van der Waals surface area (Å²) < 4.78 is 10.2. The summed E-state index contributed by atoms with van der Waals surface area (Å²) in [6.07, 6.45) is 2.21. The molecule has 0 fully saturated rings. The quantitative estimate of drug-likeness (QED) is 0.770. The first-order chi connectivity index (χ1) is 9.29. The molecule has 1 heterocycles. The molecular formula is C14H19N3O2. The molecule has 0 bridgehead atoms. The number of rotatable bonds is 7. The summed E-state index contributed by atoms with van der Waals surface area (Å²) in [5, 5.41) is 3.94. The van der Waals surface area contributed by atoms with Crippen LogP contribution < -0.4 is 5.73 Å². The SMILES string of the molecule is COCCCc1noc(CC(N)c2ccccc2)n1. The molecule has 1 aromatic heterocycles. The second kappa shape index (κ2) is 7.01. The fourth-order valence-corrected chi connectivity index (χ4v) is 1.86. The maximum absolute atomic E-state index is 6.11. The third kappa shape index (κ3) is 4.15. The number of aromatic nitrogens is 2. The molecule has 1 aromatic carbocycles. The summed E-state index contributed by atoms with van der Waals surface area (Å²) >= 11 is 0. The lowest BCUT2D eigenvalue weighted by molar-refractivity contribution is 0.194. The highest BCUT2D eigenvalue weighted by Crippen LogP contribution is 2.14.